The van der Waals surface area contributed by atoms with Gasteiger partial charge in [0.25, 0.3) is 0 Å². The van der Waals surface area contributed by atoms with E-state index in [1.165, 1.54) is 12.1 Å². The van der Waals surface area contributed by atoms with Gasteiger partial charge in [-0.15, -0.1) is 0 Å². The zero-order valence-electron chi connectivity index (χ0n) is 14.1. The SMILES string of the molecule is CCN(C(C)=O)C1CCN(Cc2cn[nH]c2-c2ccc(F)cc2)C1. The summed E-state index contributed by atoms with van der Waals surface area (Å²) in [6.45, 7) is 7.02. The van der Waals surface area contributed by atoms with Crippen LogP contribution in [0, 0.1) is 5.82 Å². The van der Waals surface area contributed by atoms with Crippen molar-refractivity contribution in [3.05, 3.63) is 41.8 Å². The smallest absolute Gasteiger partial charge is 0.219 e. The van der Waals surface area contributed by atoms with Crippen LogP contribution in [0.5, 0.6) is 0 Å². The predicted molar refractivity (Wildman–Crippen MR) is 90.7 cm³/mol. The van der Waals surface area contributed by atoms with E-state index in [1.54, 1.807) is 19.1 Å². The number of H-pyrrole nitrogens is 1. The average Bonchev–Trinajstić information content (AvgIpc) is 3.19. The van der Waals surface area contributed by atoms with Gasteiger partial charge >= 0.3 is 0 Å². The third-order valence-electron chi connectivity index (χ3n) is 4.68. The van der Waals surface area contributed by atoms with E-state index in [4.69, 9.17) is 0 Å². The van der Waals surface area contributed by atoms with Crippen molar-refractivity contribution in [3.63, 3.8) is 0 Å². The Bertz CT molecular complexity index is 697. The highest BCUT2D eigenvalue weighted by atomic mass is 19.1. The van der Waals surface area contributed by atoms with E-state index < -0.39 is 0 Å². The number of likely N-dealkylation sites (tertiary alicyclic amines) is 1. The number of hydrogen-bond donors (Lipinski definition) is 1. The van der Waals surface area contributed by atoms with Crippen molar-refractivity contribution in [1.82, 2.24) is 20.0 Å². The van der Waals surface area contributed by atoms with Crippen LogP contribution in [0.2, 0.25) is 0 Å². The monoisotopic (exact) mass is 330 g/mol. The summed E-state index contributed by atoms with van der Waals surface area (Å²) in [5, 5.41) is 7.17. The maximum absolute atomic E-state index is 13.1. The number of amides is 1. The van der Waals surface area contributed by atoms with Gasteiger partial charge in [0.05, 0.1) is 11.9 Å². The largest absolute Gasteiger partial charge is 0.339 e. The molecule has 1 N–H and O–H groups in total. The summed E-state index contributed by atoms with van der Waals surface area (Å²) in [7, 11) is 0. The minimum atomic E-state index is -0.244. The van der Waals surface area contributed by atoms with E-state index in [1.807, 2.05) is 18.0 Å². The molecule has 1 aromatic carbocycles. The summed E-state index contributed by atoms with van der Waals surface area (Å²) < 4.78 is 13.1. The van der Waals surface area contributed by atoms with Crippen LogP contribution in [-0.4, -0.2) is 51.6 Å². The van der Waals surface area contributed by atoms with Crippen molar-refractivity contribution in [2.45, 2.75) is 32.9 Å². The minimum absolute atomic E-state index is 0.139. The van der Waals surface area contributed by atoms with Gasteiger partial charge in [-0.1, -0.05) is 0 Å². The molecule has 1 unspecified atom stereocenters. The third kappa shape index (κ3) is 3.48. The van der Waals surface area contributed by atoms with Crippen molar-refractivity contribution in [2.75, 3.05) is 19.6 Å². The summed E-state index contributed by atoms with van der Waals surface area (Å²) in [5.41, 5.74) is 2.95. The Labute approximate surface area is 141 Å². The van der Waals surface area contributed by atoms with E-state index in [9.17, 15) is 9.18 Å². The van der Waals surface area contributed by atoms with Crippen molar-refractivity contribution in [3.8, 4) is 11.3 Å². The highest BCUT2D eigenvalue weighted by Gasteiger charge is 2.28. The molecule has 0 aliphatic carbocycles. The lowest BCUT2D eigenvalue weighted by molar-refractivity contribution is -0.130. The Kier molecular flexibility index (Phi) is 4.94. The Morgan fingerprint density at radius 2 is 2.17 bits per heavy atom. The fraction of sp³-hybridized carbons (Fsp3) is 0.444. The first-order chi connectivity index (χ1) is 11.6. The van der Waals surface area contributed by atoms with Gasteiger partial charge in [-0.2, -0.15) is 5.10 Å². The van der Waals surface area contributed by atoms with E-state index in [2.05, 4.69) is 15.1 Å². The maximum Gasteiger partial charge on any atom is 0.219 e. The summed E-state index contributed by atoms with van der Waals surface area (Å²) in [4.78, 5) is 16.0. The molecule has 1 saturated heterocycles. The van der Waals surface area contributed by atoms with Crippen LogP contribution < -0.4 is 0 Å². The Balaban J connectivity index is 1.69. The lowest BCUT2D eigenvalue weighted by Gasteiger charge is -2.26. The summed E-state index contributed by atoms with van der Waals surface area (Å²) in [5.74, 6) is -0.106. The highest BCUT2D eigenvalue weighted by Crippen LogP contribution is 2.25. The second kappa shape index (κ2) is 7.13. The molecule has 1 atom stereocenters. The van der Waals surface area contributed by atoms with Gasteiger partial charge in [-0.25, -0.2) is 4.39 Å². The molecule has 5 nitrogen and oxygen atoms in total. The lowest BCUT2D eigenvalue weighted by atomic mass is 10.1. The fourth-order valence-electron chi connectivity index (χ4n) is 3.49. The van der Waals surface area contributed by atoms with Crippen molar-refractivity contribution >= 4 is 5.91 Å². The Morgan fingerprint density at radius 1 is 1.42 bits per heavy atom. The Hall–Kier alpha value is -2.21. The van der Waals surface area contributed by atoms with Crippen LogP contribution in [0.4, 0.5) is 4.39 Å². The molecule has 128 valence electrons. The zero-order chi connectivity index (χ0) is 17.1. The molecule has 2 heterocycles. The number of carbonyl (C=O) groups excluding carboxylic acids is 1. The fourth-order valence-corrected chi connectivity index (χ4v) is 3.49. The van der Waals surface area contributed by atoms with Crippen LogP contribution in [0.15, 0.2) is 30.5 Å². The van der Waals surface area contributed by atoms with Gasteiger partial charge in [0.15, 0.2) is 0 Å². The lowest BCUT2D eigenvalue weighted by Crippen LogP contribution is -2.40. The maximum atomic E-state index is 13.1. The highest BCUT2D eigenvalue weighted by molar-refractivity contribution is 5.73. The van der Waals surface area contributed by atoms with Gasteiger partial charge < -0.3 is 4.90 Å². The third-order valence-corrected chi connectivity index (χ3v) is 4.68. The quantitative estimate of drug-likeness (QED) is 0.917. The second-order valence-electron chi connectivity index (χ2n) is 6.26. The molecule has 1 aromatic heterocycles. The van der Waals surface area contributed by atoms with Crippen molar-refractivity contribution in [2.24, 2.45) is 0 Å². The van der Waals surface area contributed by atoms with Crippen LogP contribution in [0.1, 0.15) is 25.8 Å². The molecule has 0 spiro atoms. The number of halogens is 1. The van der Waals surface area contributed by atoms with Gasteiger partial charge in [-0.3, -0.25) is 14.8 Å². The van der Waals surface area contributed by atoms with Crippen LogP contribution in [-0.2, 0) is 11.3 Å². The standard InChI is InChI=1S/C18H23FN4O/c1-3-23(13(2)24)17-8-9-22(12-17)11-15-10-20-21-18(15)14-4-6-16(19)7-5-14/h4-7,10,17H,3,8-9,11-12H2,1-2H3,(H,20,21). The number of rotatable bonds is 5. The van der Waals surface area contributed by atoms with E-state index in [-0.39, 0.29) is 17.8 Å². The Morgan fingerprint density at radius 3 is 2.83 bits per heavy atom. The van der Waals surface area contributed by atoms with E-state index >= 15 is 0 Å². The van der Waals surface area contributed by atoms with Gasteiger partial charge in [-0.05, 0) is 37.6 Å². The number of aromatic nitrogens is 2. The molecule has 2 aromatic rings. The molecule has 1 amide bonds. The number of hydrogen-bond acceptors (Lipinski definition) is 3. The molecule has 1 aliphatic rings. The predicted octanol–water partition coefficient (Wildman–Crippen LogP) is 2.66. The minimum Gasteiger partial charge on any atom is -0.339 e. The number of nitrogens with one attached hydrogen (secondary N) is 1. The topological polar surface area (TPSA) is 52.2 Å². The van der Waals surface area contributed by atoms with Gasteiger partial charge in [0.1, 0.15) is 5.82 Å². The van der Waals surface area contributed by atoms with Crippen LogP contribution >= 0.6 is 0 Å². The van der Waals surface area contributed by atoms with Gasteiger partial charge in [0.2, 0.25) is 5.91 Å². The molecule has 1 fully saturated rings. The summed E-state index contributed by atoms with van der Waals surface area (Å²) in [6, 6.07) is 6.71. The first-order valence-corrected chi connectivity index (χ1v) is 8.36. The summed E-state index contributed by atoms with van der Waals surface area (Å²) >= 11 is 0. The van der Waals surface area contributed by atoms with Crippen LogP contribution in [0.3, 0.4) is 0 Å². The molecule has 24 heavy (non-hydrogen) atoms. The molecular formula is C18H23FN4O. The first-order valence-electron chi connectivity index (χ1n) is 8.36. The average molecular weight is 330 g/mol. The molecule has 1 aliphatic heterocycles. The molecule has 0 bridgehead atoms. The number of aromatic amines is 1. The van der Waals surface area contributed by atoms with Crippen LogP contribution in [0.25, 0.3) is 11.3 Å². The first kappa shape index (κ1) is 16.6. The van der Waals surface area contributed by atoms with E-state index in [0.29, 0.717) is 0 Å². The molecule has 6 heteroatoms. The van der Waals surface area contributed by atoms with Gasteiger partial charge in [0, 0.05) is 50.3 Å². The number of likely N-dealkylation sites (N-methyl/N-ethyl adjacent to an activating group) is 1. The number of benzene rings is 1. The second-order valence-corrected chi connectivity index (χ2v) is 6.26. The molecule has 0 radical (unpaired) electrons. The normalized spacial score (nSPS) is 18.0. The molecule has 3 rings (SSSR count). The summed E-state index contributed by atoms with van der Waals surface area (Å²) in [6.07, 6.45) is 2.83. The molecule has 0 saturated carbocycles. The van der Waals surface area contributed by atoms with Crippen molar-refractivity contribution in [1.29, 1.82) is 0 Å². The number of carbonyl (C=O) groups is 1. The zero-order valence-corrected chi connectivity index (χ0v) is 14.1. The molecular weight excluding hydrogens is 307 g/mol. The van der Waals surface area contributed by atoms with Crippen molar-refractivity contribution < 1.29 is 9.18 Å². The number of nitrogens with zero attached hydrogens (tertiary/aromatic N) is 3. The van der Waals surface area contributed by atoms with E-state index in [0.717, 1.165) is 49.4 Å².